The molecule has 0 bridgehead atoms. The summed E-state index contributed by atoms with van der Waals surface area (Å²) in [6.07, 6.45) is -5.47. The van der Waals surface area contributed by atoms with Crippen LogP contribution in [0, 0.1) is 0 Å². The van der Waals surface area contributed by atoms with Gasteiger partial charge in [-0.3, -0.25) is 9.09 Å². The third kappa shape index (κ3) is 7.02. The van der Waals surface area contributed by atoms with E-state index >= 15 is 0 Å². The Morgan fingerprint density at radius 1 is 1.14 bits per heavy atom. The van der Waals surface area contributed by atoms with Gasteiger partial charge in [-0.25, -0.2) is 28.6 Å². The van der Waals surface area contributed by atoms with Crippen molar-refractivity contribution < 1.29 is 61.4 Å². The zero-order chi connectivity index (χ0) is 27.1. The quantitative estimate of drug-likeness (QED) is 0.138. The minimum absolute atomic E-state index is 0.0373. The number of phosphoric acid groups is 3. The lowest BCUT2D eigenvalue weighted by Crippen LogP contribution is -2.39. The fourth-order valence-corrected chi connectivity index (χ4v) is 6.64. The lowest BCUT2D eigenvalue weighted by Gasteiger charge is -2.27. The average Bonchev–Trinajstić information content (AvgIpc) is 3.25. The normalized spacial score (nSPS) is 27.0. The lowest BCUT2D eigenvalue weighted by molar-refractivity contribution is -0.0825. The maximum atomic E-state index is 12.4. The van der Waals surface area contributed by atoms with Crippen LogP contribution in [-0.4, -0.2) is 73.7 Å². The van der Waals surface area contributed by atoms with Crippen LogP contribution in [0.1, 0.15) is 26.0 Å². The van der Waals surface area contributed by atoms with Crippen molar-refractivity contribution in [1.82, 2.24) is 19.5 Å². The highest BCUT2D eigenvalue weighted by Gasteiger charge is 2.51. The predicted molar refractivity (Wildman–Crippen MR) is 118 cm³/mol. The molecule has 1 saturated heterocycles. The molecular weight excluding hydrogens is 551 g/mol. The second kappa shape index (κ2) is 10.6. The van der Waals surface area contributed by atoms with Crippen LogP contribution in [0.25, 0.3) is 11.2 Å². The van der Waals surface area contributed by atoms with Gasteiger partial charge in [0.2, 0.25) is 0 Å². The molecule has 2 aromatic heterocycles. The van der Waals surface area contributed by atoms with Crippen molar-refractivity contribution in [2.75, 3.05) is 5.73 Å². The molecule has 0 aliphatic carbocycles. The number of nitrogens with zero attached hydrogens (tertiary/aromatic N) is 4. The monoisotopic (exact) mass is 575 g/mol. The fraction of sp³-hybridized carbons (Fsp3) is 0.533. The molecule has 18 nitrogen and oxygen atoms in total. The van der Waals surface area contributed by atoms with Gasteiger partial charge >= 0.3 is 23.5 Å². The van der Waals surface area contributed by atoms with E-state index in [1.54, 1.807) is 6.92 Å². The zero-order valence-electron chi connectivity index (χ0n) is 18.4. The lowest BCUT2D eigenvalue weighted by atomic mass is 10.0. The second-order valence-electron chi connectivity index (χ2n) is 7.79. The minimum Gasteiger partial charge on any atom is -0.387 e. The molecule has 0 amide bonds. The number of aliphatic hydroxyl groups is 2. The van der Waals surface area contributed by atoms with Gasteiger partial charge in [-0.1, -0.05) is 5.57 Å². The molecule has 0 spiro atoms. The smallest absolute Gasteiger partial charge is 0.387 e. The molecule has 202 valence electrons. The number of nitrogens with two attached hydrogens (primary N) is 1. The van der Waals surface area contributed by atoms with E-state index in [1.807, 2.05) is 0 Å². The first-order valence-electron chi connectivity index (χ1n) is 9.91. The van der Waals surface area contributed by atoms with Gasteiger partial charge in [-0.05, 0) is 19.8 Å². The summed E-state index contributed by atoms with van der Waals surface area (Å²) in [6.45, 7) is 5.30. The molecule has 36 heavy (non-hydrogen) atoms. The van der Waals surface area contributed by atoms with Gasteiger partial charge < -0.3 is 40.3 Å². The third-order valence-corrected chi connectivity index (χ3v) is 8.71. The molecule has 3 heterocycles. The van der Waals surface area contributed by atoms with Crippen molar-refractivity contribution in [2.45, 2.75) is 50.4 Å². The van der Waals surface area contributed by atoms with Gasteiger partial charge in [0, 0.05) is 0 Å². The molecule has 21 heteroatoms. The van der Waals surface area contributed by atoms with Crippen molar-refractivity contribution in [3.8, 4) is 0 Å². The summed E-state index contributed by atoms with van der Waals surface area (Å²) in [7, 11) is -17.0. The summed E-state index contributed by atoms with van der Waals surface area (Å²) < 4.78 is 54.3. The second-order valence-corrected chi connectivity index (χ2v) is 12.2. The number of hydrogen-bond donors (Lipinski definition) is 7. The van der Waals surface area contributed by atoms with Crippen LogP contribution in [0.3, 0.4) is 0 Å². The maximum Gasteiger partial charge on any atom is 0.490 e. The predicted octanol–water partition coefficient (Wildman–Crippen LogP) is 0.0959. The summed E-state index contributed by atoms with van der Waals surface area (Å²) in [6, 6.07) is 0. The van der Waals surface area contributed by atoms with Gasteiger partial charge in [-0.15, -0.1) is 6.58 Å². The molecule has 3 unspecified atom stereocenters. The van der Waals surface area contributed by atoms with Crippen LogP contribution >= 0.6 is 23.5 Å². The number of aliphatic hydroxyl groups excluding tert-OH is 2. The van der Waals surface area contributed by atoms with Crippen LogP contribution in [0.5, 0.6) is 0 Å². The number of rotatable bonds is 11. The van der Waals surface area contributed by atoms with Gasteiger partial charge in [0.15, 0.2) is 17.7 Å². The van der Waals surface area contributed by atoms with Crippen LogP contribution in [0.4, 0.5) is 5.82 Å². The number of nitrogen functional groups attached to an aromatic ring is 1. The first-order chi connectivity index (χ1) is 16.5. The largest absolute Gasteiger partial charge is 0.490 e. The minimum atomic E-state index is -5.78. The Morgan fingerprint density at radius 3 is 2.42 bits per heavy atom. The Labute approximate surface area is 202 Å². The highest BCUT2D eigenvalue weighted by molar-refractivity contribution is 7.66. The number of phosphoric ester groups is 1. The number of allylic oxidation sites excluding steroid dienone is 1. The molecule has 1 aliphatic heterocycles. The van der Waals surface area contributed by atoms with E-state index in [0.717, 1.165) is 6.33 Å². The highest BCUT2D eigenvalue weighted by atomic mass is 31.3. The van der Waals surface area contributed by atoms with E-state index in [9.17, 15) is 33.7 Å². The highest BCUT2D eigenvalue weighted by Crippen LogP contribution is 2.67. The van der Waals surface area contributed by atoms with Crippen molar-refractivity contribution >= 4 is 40.4 Å². The number of ether oxygens (including phenoxy) is 1. The Kier molecular flexibility index (Phi) is 8.55. The van der Waals surface area contributed by atoms with Gasteiger partial charge in [-0.2, -0.15) is 8.62 Å². The van der Waals surface area contributed by atoms with E-state index in [2.05, 4.69) is 30.2 Å². The number of anilines is 1. The molecule has 0 aromatic carbocycles. The van der Waals surface area contributed by atoms with E-state index in [-0.39, 0.29) is 29.8 Å². The Balaban J connectivity index is 1.87. The summed E-state index contributed by atoms with van der Waals surface area (Å²) in [5.41, 5.74) is 6.65. The van der Waals surface area contributed by atoms with Crippen molar-refractivity contribution in [3.05, 3.63) is 24.8 Å². The molecule has 0 radical (unpaired) electrons. The SMILES string of the molecule is C=C(C)CCC(OP(=O)(O)OP(=O)(O)OP(=O)(O)O)[C@H]1O[C@@H](n2cnc3c(N)ncnc32)[C@H](O)[C@@H]1O. The van der Waals surface area contributed by atoms with Gasteiger partial charge in [0.05, 0.1) is 12.4 Å². The Bertz CT molecular complexity index is 1270. The number of aromatic nitrogens is 4. The van der Waals surface area contributed by atoms with Crippen molar-refractivity contribution in [2.24, 2.45) is 0 Å². The molecule has 0 saturated carbocycles. The van der Waals surface area contributed by atoms with Crippen molar-refractivity contribution in [1.29, 1.82) is 0 Å². The molecule has 1 fully saturated rings. The third-order valence-electron chi connectivity index (χ3n) is 4.84. The van der Waals surface area contributed by atoms with Crippen molar-refractivity contribution in [3.63, 3.8) is 0 Å². The molecular formula is C15H24N5O13P3. The fourth-order valence-electron chi connectivity index (χ4n) is 3.41. The van der Waals surface area contributed by atoms with Gasteiger partial charge in [0.1, 0.15) is 30.2 Å². The van der Waals surface area contributed by atoms with E-state index in [0.29, 0.717) is 5.57 Å². The van der Waals surface area contributed by atoms with E-state index in [1.165, 1.54) is 10.9 Å². The first kappa shape index (κ1) is 28.9. The van der Waals surface area contributed by atoms with Crippen LogP contribution in [0.15, 0.2) is 24.8 Å². The maximum absolute atomic E-state index is 12.4. The molecule has 2 aromatic rings. The van der Waals surface area contributed by atoms with E-state index in [4.69, 9.17) is 24.8 Å². The van der Waals surface area contributed by atoms with Crippen LogP contribution in [-0.2, 0) is 31.6 Å². The number of imidazole rings is 1. The molecule has 7 atom stereocenters. The topological polar surface area (TPSA) is 279 Å². The first-order valence-corrected chi connectivity index (χ1v) is 14.4. The Morgan fingerprint density at radius 2 is 1.81 bits per heavy atom. The summed E-state index contributed by atoms with van der Waals surface area (Å²) in [5, 5.41) is 21.3. The Hall–Kier alpha value is -1.62. The molecule has 3 rings (SSSR count). The van der Waals surface area contributed by atoms with Crippen LogP contribution < -0.4 is 5.73 Å². The molecule has 1 aliphatic rings. The standard InChI is InChI=1S/C15H24N5O13P3/c1-7(2)3-4-8(31-35(26,27)33-36(28,29)32-34(23,24)25)12-10(21)11(22)15(30-12)20-6-19-9-13(16)17-5-18-14(9)20/h5-6,8,10-12,15,21-22H,1,3-4H2,2H3,(H,26,27)(H,28,29)(H2,16,17,18)(H2,23,24,25)/t8?,10-,11+,12+,15+/m0/s1. The van der Waals surface area contributed by atoms with E-state index < -0.39 is 54.1 Å². The zero-order valence-corrected chi connectivity index (χ0v) is 21.1. The summed E-state index contributed by atoms with van der Waals surface area (Å²) >= 11 is 0. The summed E-state index contributed by atoms with van der Waals surface area (Å²) in [4.78, 5) is 48.6. The number of hydrogen-bond acceptors (Lipinski definition) is 13. The number of fused-ring (bicyclic) bond motifs is 1. The average molecular weight is 575 g/mol. The molecule has 8 N–H and O–H groups in total. The summed E-state index contributed by atoms with van der Waals surface area (Å²) in [5.74, 6) is 0.0373. The van der Waals surface area contributed by atoms with Gasteiger partial charge in [0.25, 0.3) is 0 Å². The van der Waals surface area contributed by atoms with Crippen LogP contribution in [0.2, 0.25) is 0 Å².